The molecule has 2 amide bonds. The predicted octanol–water partition coefficient (Wildman–Crippen LogP) is 3.53. The van der Waals surface area contributed by atoms with Crippen molar-refractivity contribution in [2.45, 2.75) is 37.6 Å². The van der Waals surface area contributed by atoms with Gasteiger partial charge < -0.3 is 9.64 Å². The largest absolute Gasteiger partial charge is 0.476 e. The Balaban J connectivity index is 1.30. The number of rotatable bonds is 6. The first-order valence-corrected chi connectivity index (χ1v) is 9.89. The molecular formula is C18H23N5O2S. The van der Waals surface area contributed by atoms with Crippen molar-refractivity contribution in [2.75, 3.05) is 30.8 Å². The number of hydrogen-bond donors (Lipinski definition) is 2. The number of nitrogens with zero attached hydrogens (tertiary/aromatic N) is 3. The van der Waals surface area contributed by atoms with Crippen molar-refractivity contribution >= 4 is 29.0 Å². The van der Waals surface area contributed by atoms with E-state index in [9.17, 15) is 4.79 Å². The normalized spacial score (nSPS) is 20.1. The Morgan fingerprint density at radius 2 is 2.12 bits per heavy atom. The van der Waals surface area contributed by atoms with E-state index in [1.807, 2.05) is 11.4 Å². The third kappa shape index (κ3) is 4.31. The van der Waals surface area contributed by atoms with Crippen LogP contribution in [-0.4, -0.2) is 47.1 Å². The molecule has 1 saturated carbocycles. The van der Waals surface area contributed by atoms with E-state index >= 15 is 0 Å². The Kier molecular flexibility index (Phi) is 5.03. The highest BCUT2D eigenvalue weighted by Gasteiger charge is 2.26. The number of ether oxygens (including phenoxy) is 1. The number of urea groups is 1. The first-order valence-electron chi connectivity index (χ1n) is 9.01. The van der Waals surface area contributed by atoms with E-state index in [0.29, 0.717) is 36.1 Å². The van der Waals surface area contributed by atoms with Crippen LogP contribution in [0.25, 0.3) is 0 Å². The number of nitrogens with one attached hydrogen (secondary N) is 2. The van der Waals surface area contributed by atoms with Crippen LogP contribution in [0.15, 0.2) is 23.6 Å². The number of anilines is 2. The Labute approximate surface area is 156 Å². The van der Waals surface area contributed by atoms with Crippen LogP contribution in [0.4, 0.5) is 16.4 Å². The van der Waals surface area contributed by atoms with E-state index < -0.39 is 0 Å². The lowest BCUT2D eigenvalue weighted by Gasteiger charge is -2.19. The summed E-state index contributed by atoms with van der Waals surface area (Å²) in [5, 5.41) is 8.47. The van der Waals surface area contributed by atoms with Gasteiger partial charge in [-0.1, -0.05) is 6.07 Å². The molecule has 2 N–H and O–H groups in total. The molecule has 0 unspecified atom stereocenters. The van der Waals surface area contributed by atoms with Gasteiger partial charge in [0.05, 0.1) is 5.01 Å². The summed E-state index contributed by atoms with van der Waals surface area (Å²) in [5.74, 6) is 2.16. The summed E-state index contributed by atoms with van der Waals surface area (Å²) in [4.78, 5) is 23.3. The third-order valence-electron chi connectivity index (χ3n) is 4.75. The minimum Gasteiger partial charge on any atom is -0.476 e. The first kappa shape index (κ1) is 17.2. The minimum absolute atomic E-state index is 0.349. The molecule has 7 nitrogen and oxygen atoms in total. The minimum atomic E-state index is -0.349. The van der Waals surface area contributed by atoms with Gasteiger partial charge in [-0.15, -0.1) is 11.3 Å². The van der Waals surface area contributed by atoms with Crippen molar-refractivity contribution in [3.8, 4) is 5.88 Å². The van der Waals surface area contributed by atoms with Crippen molar-refractivity contribution in [1.29, 1.82) is 0 Å². The molecule has 4 rings (SSSR count). The predicted molar refractivity (Wildman–Crippen MR) is 102 cm³/mol. The van der Waals surface area contributed by atoms with Crippen LogP contribution < -0.4 is 15.4 Å². The Bertz CT molecular complexity index is 776. The summed E-state index contributed by atoms with van der Waals surface area (Å²) < 4.78 is 5.80. The fourth-order valence-electron chi connectivity index (χ4n) is 3.06. The lowest BCUT2D eigenvalue weighted by atomic mass is 10.2. The molecule has 1 saturated heterocycles. The summed E-state index contributed by atoms with van der Waals surface area (Å²) in [5.41, 5.74) is 0. The van der Waals surface area contributed by atoms with Gasteiger partial charge >= 0.3 is 6.03 Å². The maximum atomic E-state index is 12.2. The highest BCUT2D eigenvalue weighted by Crippen LogP contribution is 2.41. The van der Waals surface area contributed by atoms with E-state index in [0.717, 1.165) is 18.0 Å². The zero-order chi connectivity index (χ0) is 17.9. The van der Waals surface area contributed by atoms with Gasteiger partial charge in [0.25, 0.3) is 0 Å². The monoisotopic (exact) mass is 373 g/mol. The average molecular weight is 373 g/mol. The SMILES string of the molecule is CN1CCC[C@H]1COc1cccc(NC(=O)Nc2csc(C3CC3)n2)n1. The number of hydrogen-bond acceptors (Lipinski definition) is 6. The summed E-state index contributed by atoms with van der Waals surface area (Å²) in [6, 6.07) is 5.45. The van der Waals surface area contributed by atoms with Crippen LogP contribution in [0.2, 0.25) is 0 Å². The molecular weight excluding hydrogens is 350 g/mol. The van der Waals surface area contributed by atoms with Crippen molar-refractivity contribution in [3.63, 3.8) is 0 Å². The van der Waals surface area contributed by atoms with Gasteiger partial charge in [0, 0.05) is 23.4 Å². The van der Waals surface area contributed by atoms with Gasteiger partial charge in [-0.25, -0.2) is 9.78 Å². The molecule has 8 heteroatoms. The van der Waals surface area contributed by atoms with Crippen LogP contribution in [0.5, 0.6) is 5.88 Å². The van der Waals surface area contributed by atoms with Crippen molar-refractivity contribution in [1.82, 2.24) is 14.9 Å². The zero-order valence-electron chi connectivity index (χ0n) is 14.8. The van der Waals surface area contributed by atoms with Crippen molar-refractivity contribution < 1.29 is 9.53 Å². The van der Waals surface area contributed by atoms with E-state index in [-0.39, 0.29) is 6.03 Å². The van der Waals surface area contributed by atoms with E-state index in [1.165, 1.54) is 19.3 Å². The van der Waals surface area contributed by atoms with Gasteiger partial charge in [-0.05, 0) is 45.3 Å². The third-order valence-corrected chi connectivity index (χ3v) is 5.76. The molecule has 0 bridgehead atoms. The van der Waals surface area contributed by atoms with Gasteiger partial charge in [0.15, 0.2) is 0 Å². The Hall–Kier alpha value is -2.19. The van der Waals surface area contributed by atoms with E-state index in [4.69, 9.17) is 4.74 Å². The average Bonchev–Trinajstić information content (AvgIpc) is 3.24. The molecule has 2 aromatic heterocycles. The Morgan fingerprint density at radius 1 is 1.27 bits per heavy atom. The van der Waals surface area contributed by atoms with Gasteiger partial charge in [0.2, 0.25) is 5.88 Å². The molecule has 3 heterocycles. The van der Waals surface area contributed by atoms with Crippen molar-refractivity contribution in [2.24, 2.45) is 0 Å². The zero-order valence-corrected chi connectivity index (χ0v) is 15.6. The molecule has 1 aliphatic carbocycles. The number of pyridine rings is 1. The molecule has 0 aromatic carbocycles. The highest BCUT2D eigenvalue weighted by molar-refractivity contribution is 7.10. The maximum Gasteiger partial charge on any atom is 0.326 e. The summed E-state index contributed by atoms with van der Waals surface area (Å²) in [6.07, 6.45) is 4.76. The molecule has 0 radical (unpaired) electrons. The molecule has 2 aromatic rings. The second-order valence-corrected chi connectivity index (χ2v) is 7.76. The van der Waals surface area contributed by atoms with Crippen molar-refractivity contribution in [3.05, 3.63) is 28.6 Å². The smallest absolute Gasteiger partial charge is 0.326 e. The maximum absolute atomic E-state index is 12.2. The second kappa shape index (κ2) is 7.59. The number of thiazole rings is 1. The van der Waals surface area contributed by atoms with E-state index in [1.54, 1.807) is 23.5 Å². The molecule has 138 valence electrons. The van der Waals surface area contributed by atoms with Crippen LogP contribution in [0.1, 0.15) is 36.6 Å². The summed E-state index contributed by atoms with van der Waals surface area (Å²) in [7, 11) is 2.11. The standard InChI is InChI=1S/C18H23N5O2S/c1-23-9-3-4-13(23)10-25-16-6-2-5-14(19-16)21-18(24)22-15-11-26-17(20-15)12-7-8-12/h2,5-6,11-13H,3-4,7-10H2,1H3,(H2,19,21,22,24)/t13-/m0/s1. The molecule has 1 atom stereocenters. The number of carbonyl (C=O) groups is 1. The molecule has 26 heavy (non-hydrogen) atoms. The lowest BCUT2D eigenvalue weighted by molar-refractivity contribution is 0.193. The molecule has 0 spiro atoms. The molecule has 2 fully saturated rings. The molecule has 1 aliphatic heterocycles. The van der Waals surface area contributed by atoms with Crippen LogP contribution in [0.3, 0.4) is 0 Å². The topological polar surface area (TPSA) is 79.4 Å². The Morgan fingerprint density at radius 3 is 2.88 bits per heavy atom. The second-order valence-electron chi connectivity index (χ2n) is 6.87. The van der Waals surface area contributed by atoms with Gasteiger partial charge in [0.1, 0.15) is 18.2 Å². The van der Waals surface area contributed by atoms with Crippen LogP contribution in [-0.2, 0) is 0 Å². The summed E-state index contributed by atoms with van der Waals surface area (Å²) in [6.45, 7) is 1.73. The fourth-order valence-corrected chi connectivity index (χ4v) is 3.99. The van der Waals surface area contributed by atoms with Gasteiger partial charge in [-0.2, -0.15) is 4.98 Å². The van der Waals surface area contributed by atoms with Gasteiger partial charge in [-0.3, -0.25) is 10.6 Å². The number of likely N-dealkylation sites (tertiary alicyclic amines) is 1. The van der Waals surface area contributed by atoms with Crippen LogP contribution >= 0.6 is 11.3 Å². The highest BCUT2D eigenvalue weighted by atomic mass is 32.1. The first-order chi connectivity index (χ1) is 12.7. The fraction of sp³-hybridized carbons (Fsp3) is 0.500. The molecule has 2 aliphatic rings. The number of likely N-dealkylation sites (N-methyl/N-ethyl adjacent to an activating group) is 1. The van der Waals surface area contributed by atoms with Crippen LogP contribution in [0, 0.1) is 0 Å². The lowest BCUT2D eigenvalue weighted by Crippen LogP contribution is -2.30. The number of amides is 2. The summed E-state index contributed by atoms with van der Waals surface area (Å²) >= 11 is 1.60. The van der Waals surface area contributed by atoms with E-state index in [2.05, 4.69) is 32.5 Å². The quantitative estimate of drug-likeness (QED) is 0.810. The number of carbonyl (C=O) groups excluding carboxylic acids is 1. The number of aromatic nitrogens is 2.